The zero-order valence-corrected chi connectivity index (χ0v) is 17.4. The minimum absolute atomic E-state index is 0.0358. The van der Waals surface area contributed by atoms with E-state index in [1.807, 2.05) is 18.2 Å². The van der Waals surface area contributed by atoms with E-state index in [2.05, 4.69) is 29.0 Å². The Morgan fingerprint density at radius 3 is 2.55 bits per heavy atom. The van der Waals surface area contributed by atoms with E-state index in [-0.39, 0.29) is 12.4 Å². The molecule has 0 bridgehead atoms. The van der Waals surface area contributed by atoms with Gasteiger partial charge in [-0.1, -0.05) is 24.3 Å². The zero-order chi connectivity index (χ0) is 20.5. The second kappa shape index (κ2) is 11.3. The number of hydrogen-bond acceptors (Lipinski definition) is 4. The van der Waals surface area contributed by atoms with Crippen molar-refractivity contribution in [2.24, 2.45) is 5.92 Å². The van der Waals surface area contributed by atoms with E-state index in [0.717, 1.165) is 56.4 Å². The highest BCUT2D eigenvalue weighted by atomic mass is 19.1. The largest absolute Gasteiger partial charge is 0.491 e. The Morgan fingerprint density at radius 1 is 1.10 bits per heavy atom. The first-order valence-corrected chi connectivity index (χ1v) is 10.6. The van der Waals surface area contributed by atoms with E-state index >= 15 is 0 Å². The number of rotatable bonds is 10. The van der Waals surface area contributed by atoms with Gasteiger partial charge in [0.25, 0.3) is 0 Å². The lowest BCUT2D eigenvalue weighted by Crippen LogP contribution is -2.38. The molecule has 0 aromatic heterocycles. The molecule has 2 aromatic rings. The summed E-state index contributed by atoms with van der Waals surface area (Å²) in [5.41, 5.74) is 2.36. The Hall–Kier alpha value is -1.95. The molecule has 1 saturated heterocycles. The molecule has 0 unspecified atom stereocenters. The summed E-state index contributed by atoms with van der Waals surface area (Å²) in [6, 6.07) is 15.1. The Morgan fingerprint density at radius 2 is 1.86 bits per heavy atom. The van der Waals surface area contributed by atoms with Crippen LogP contribution in [-0.4, -0.2) is 61.3 Å². The van der Waals surface area contributed by atoms with Crippen LogP contribution >= 0.6 is 0 Å². The molecule has 1 heterocycles. The quantitative estimate of drug-likeness (QED) is 0.661. The predicted molar refractivity (Wildman–Crippen MR) is 115 cm³/mol. The van der Waals surface area contributed by atoms with E-state index in [4.69, 9.17) is 9.84 Å². The molecule has 1 aliphatic rings. The minimum atomic E-state index is -0.142. The van der Waals surface area contributed by atoms with E-state index in [1.165, 1.54) is 24.5 Å². The maximum atomic E-state index is 13.3. The number of aliphatic hydroxyl groups excluding tert-OH is 1. The highest BCUT2D eigenvalue weighted by Gasteiger charge is 2.20. The summed E-state index contributed by atoms with van der Waals surface area (Å²) in [7, 11) is 2.19. The van der Waals surface area contributed by atoms with Crippen molar-refractivity contribution in [2.75, 3.05) is 46.4 Å². The van der Waals surface area contributed by atoms with Crippen molar-refractivity contribution in [3.05, 3.63) is 65.5 Å². The van der Waals surface area contributed by atoms with Crippen molar-refractivity contribution in [3.8, 4) is 5.75 Å². The number of ether oxygens (including phenoxy) is 1. The molecular weight excluding hydrogens is 367 g/mol. The molecule has 2 aromatic carbocycles. The topological polar surface area (TPSA) is 35.9 Å². The first-order valence-electron chi connectivity index (χ1n) is 10.6. The summed E-state index contributed by atoms with van der Waals surface area (Å²) in [5, 5.41) is 8.82. The summed E-state index contributed by atoms with van der Waals surface area (Å²) in [5.74, 6) is 1.39. The van der Waals surface area contributed by atoms with Crippen LogP contribution in [0.2, 0.25) is 0 Å². The number of halogens is 1. The van der Waals surface area contributed by atoms with Crippen molar-refractivity contribution in [2.45, 2.75) is 25.8 Å². The average Bonchev–Trinajstić information content (AvgIpc) is 2.73. The molecule has 0 saturated carbocycles. The highest BCUT2D eigenvalue weighted by molar-refractivity contribution is 5.27. The lowest BCUT2D eigenvalue weighted by atomic mass is 9.95. The smallest absolute Gasteiger partial charge is 0.123 e. The van der Waals surface area contributed by atoms with Gasteiger partial charge >= 0.3 is 0 Å². The van der Waals surface area contributed by atoms with Gasteiger partial charge < -0.3 is 19.6 Å². The van der Waals surface area contributed by atoms with Gasteiger partial charge in [-0.3, -0.25) is 0 Å². The maximum Gasteiger partial charge on any atom is 0.123 e. The standard InChI is InChI=1S/C24H33FN2O2/c1-26(18-21-5-7-24(8-6-21)29-16-15-28)19-22-10-13-27(14-11-22)12-9-20-3-2-4-23(25)17-20/h2-8,17,22,28H,9-16,18-19H2,1H3. The van der Waals surface area contributed by atoms with E-state index in [9.17, 15) is 4.39 Å². The van der Waals surface area contributed by atoms with E-state index in [0.29, 0.717) is 6.61 Å². The Balaban J connectivity index is 1.35. The number of hydrogen-bond donors (Lipinski definition) is 1. The van der Waals surface area contributed by atoms with Gasteiger partial charge in [0, 0.05) is 19.6 Å². The van der Waals surface area contributed by atoms with Crippen LogP contribution in [0.4, 0.5) is 4.39 Å². The van der Waals surface area contributed by atoms with Crippen LogP contribution in [0.3, 0.4) is 0 Å². The Labute approximate surface area is 173 Å². The van der Waals surface area contributed by atoms with Gasteiger partial charge in [0.2, 0.25) is 0 Å². The van der Waals surface area contributed by atoms with Crippen LogP contribution in [-0.2, 0) is 13.0 Å². The van der Waals surface area contributed by atoms with Crippen molar-refractivity contribution >= 4 is 0 Å². The van der Waals surface area contributed by atoms with Crippen LogP contribution in [0.25, 0.3) is 0 Å². The summed E-state index contributed by atoms with van der Waals surface area (Å²) in [6.07, 6.45) is 3.36. The van der Waals surface area contributed by atoms with Gasteiger partial charge in [0.05, 0.1) is 6.61 Å². The molecule has 29 heavy (non-hydrogen) atoms. The van der Waals surface area contributed by atoms with Crippen molar-refractivity contribution < 1.29 is 14.2 Å². The first kappa shape index (κ1) is 21.8. The molecule has 0 aliphatic carbocycles. The number of likely N-dealkylation sites (tertiary alicyclic amines) is 1. The lowest BCUT2D eigenvalue weighted by Gasteiger charge is -2.34. The minimum Gasteiger partial charge on any atom is -0.491 e. The molecule has 1 N–H and O–H groups in total. The van der Waals surface area contributed by atoms with E-state index < -0.39 is 0 Å². The Bertz CT molecular complexity index is 730. The zero-order valence-electron chi connectivity index (χ0n) is 17.4. The summed E-state index contributed by atoms with van der Waals surface area (Å²) >= 11 is 0. The molecule has 0 radical (unpaired) electrons. The molecule has 1 fully saturated rings. The molecule has 4 nitrogen and oxygen atoms in total. The van der Waals surface area contributed by atoms with Crippen molar-refractivity contribution in [1.29, 1.82) is 0 Å². The maximum absolute atomic E-state index is 13.3. The van der Waals surface area contributed by atoms with Gasteiger partial charge in [0.15, 0.2) is 0 Å². The number of aliphatic hydroxyl groups is 1. The monoisotopic (exact) mass is 400 g/mol. The molecule has 0 spiro atoms. The molecule has 3 rings (SSSR count). The molecule has 5 heteroatoms. The van der Waals surface area contributed by atoms with E-state index in [1.54, 1.807) is 12.1 Å². The Kier molecular flexibility index (Phi) is 8.47. The second-order valence-corrected chi connectivity index (χ2v) is 8.08. The lowest BCUT2D eigenvalue weighted by molar-refractivity contribution is 0.153. The predicted octanol–water partition coefficient (Wildman–Crippen LogP) is 3.58. The molecular formula is C24H33FN2O2. The molecule has 0 amide bonds. The number of benzene rings is 2. The van der Waals surface area contributed by atoms with Crippen molar-refractivity contribution in [1.82, 2.24) is 9.80 Å². The van der Waals surface area contributed by atoms with Crippen LogP contribution in [0.5, 0.6) is 5.75 Å². The van der Waals surface area contributed by atoms with Crippen LogP contribution in [0, 0.1) is 11.7 Å². The van der Waals surface area contributed by atoms with Gasteiger partial charge in [-0.05, 0) is 80.7 Å². The SMILES string of the molecule is CN(Cc1ccc(OCCO)cc1)CC1CCN(CCc2cccc(F)c2)CC1. The summed E-state index contributed by atoms with van der Waals surface area (Å²) in [4.78, 5) is 4.91. The highest BCUT2D eigenvalue weighted by Crippen LogP contribution is 2.20. The van der Waals surface area contributed by atoms with Crippen LogP contribution < -0.4 is 4.74 Å². The number of nitrogens with zero attached hydrogens (tertiary/aromatic N) is 2. The fourth-order valence-corrected chi connectivity index (χ4v) is 4.04. The first-order chi connectivity index (χ1) is 14.1. The van der Waals surface area contributed by atoms with Gasteiger partial charge in [-0.2, -0.15) is 0 Å². The van der Waals surface area contributed by atoms with Crippen molar-refractivity contribution in [3.63, 3.8) is 0 Å². The number of piperidine rings is 1. The normalized spacial score (nSPS) is 15.7. The third kappa shape index (κ3) is 7.42. The molecule has 0 atom stereocenters. The van der Waals surface area contributed by atoms with Crippen LogP contribution in [0.15, 0.2) is 48.5 Å². The van der Waals surface area contributed by atoms with Gasteiger partial charge in [0.1, 0.15) is 18.2 Å². The van der Waals surface area contributed by atoms with Crippen LogP contribution in [0.1, 0.15) is 24.0 Å². The average molecular weight is 401 g/mol. The summed E-state index contributed by atoms with van der Waals surface area (Å²) < 4.78 is 18.7. The fourth-order valence-electron chi connectivity index (χ4n) is 4.04. The summed E-state index contributed by atoms with van der Waals surface area (Å²) in [6.45, 7) is 5.68. The third-order valence-electron chi connectivity index (χ3n) is 5.62. The molecule has 158 valence electrons. The third-order valence-corrected chi connectivity index (χ3v) is 5.62. The second-order valence-electron chi connectivity index (χ2n) is 8.08. The van der Waals surface area contributed by atoms with Gasteiger partial charge in [-0.15, -0.1) is 0 Å². The fraction of sp³-hybridized carbons (Fsp3) is 0.500. The molecule has 1 aliphatic heterocycles. The van der Waals surface area contributed by atoms with Gasteiger partial charge in [-0.25, -0.2) is 4.39 Å².